The molecule has 7 heteroatoms. The lowest BCUT2D eigenvalue weighted by molar-refractivity contribution is 0.294. The number of rotatable bonds is 5. The summed E-state index contributed by atoms with van der Waals surface area (Å²) in [6.45, 7) is 2.60. The van der Waals surface area contributed by atoms with E-state index in [9.17, 15) is 0 Å². The molecular formula is C16H27IN4OS. The lowest BCUT2D eigenvalue weighted by Crippen LogP contribution is -2.43. The van der Waals surface area contributed by atoms with Crippen LogP contribution in [0.4, 0.5) is 0 Å². The van der Waals surface area contributed by atoms with Gasteiger partial charge in [0, 0.05) is 30.2 Å². The second-order valence-corrected chi connectivity index (χ2v) is 6.74. The third-order valence-electron chi connectivity index (χ3n) is 3.88. The molecule has 1 saturated heterocycles. The molecule has 1 aliphatic heterocycles. The lowest BCUT2D eigenvalue weighted by Gasteiger charge is -2.29. The van der Waals surface area contributed by atoms with Gasteiger partial charge in [0.15, 0.2) is 5.96 Å². The highest BCUT2D eigenvalue weighted by atomic mass is 127. The van der Waals surface area contributed by atoms with E-state index in [-0.39, 0.29) is 30.0 Å². The first-order valence-electron chi connectivity index (χ1n) is 7.55. The molecule has 130 valence electrons. The van der Waals surface area contributed by atoms with Crippen LogP contribution in [0.3, 0.4) is 0 Å². The zero-order chi connectivity index (χ0) is 15.9. The third kappa shape index (κ3) is 5.72. The Morgan fingerprint density at radius 2 is 2.00 bits per heavy atom. The number of thioether (sulfide) groups is 1. The van der Waals surface area contributed by atoms with Crippen LogP contribution in [-0.2, 0) is 0 Å². The molecule has 1 atom stereocenters. The van der Waals surface area contributed by atoms with E-state index in [1.54, 1.807) is 7.11 Å². The van der Waals surface area contributed by atoms with Gasteiger partial charge >= 0.3 is 0 Å². The Hall–Kier alpha value is -0.670. The van der Waals surface area contributed by atoms with Crippen LogP contribution >= 0.6 is 35.7 Å². The van der Waals surface area contributed by atoms with E-state index in [0.717, 1.165) is 35.9 Å². The Morgan fingerprint density at radius 3 is 2.61 bits per heavy atom. The van der Waals surface area contributed by atoms with Gasteiger partial charge in [0.05, 0.1) is 19.7 Å². The molecule has 0 spiro atoms. The number of benzene rings is 1. The topological polar surface area (TPSA) is 54.1 Å². The summed E-state index contributed by atoms with van der Waals surface area (Å²) in [6.07, 6.45) is 0. The van der Waals surface area contributed by atoms with E-state index in [1.807, 2.05) is 30.0 Å². The fourth-order valence-electron chi connectivity index (χ4n) is 2.55. The maximum Gasteiger partial charge on any atom is 0.191 e. The van der Waals surface area contributed by atoms with Crippen molar-refractivity contribution < 1.29 is 4.74 Å². The van der Waals surface area contributed by atoms with Gasteiger partial charge in [-0.25, -0.2) is 0 Å². The van der Waals surface area contributed by atoms with Crippen molar-refractivity contribution in [2.24, 2.45) is 10.7 Å². The second-order valence-electron chi connectivity index (χ2n) is 5.52. The molecule has 2 rings (SSSR count). The summed E-state index contributed by atoms with van der Waals surface area (Å²) < 4.78 is 5.48. The number of methoxy groups -OCH3 is 1. The molecule has 1 aromatic rings. The highest BCUT2D eigenvalue weighted by Crippen LogP contribution is 2.28. The molecule has 0 bridgehead atoms. The maximum absolute atomic E-state index is 6.16. The first kappa shape index (κ1) is 20.4. The molecule has 1 fully saturated rings. The predicted molar refractivity (Wildman–Crippen MR) is 110 cm³/mol. The SMILES string of the molecule is COc1ccccc1C(CN=C(N)N1CCSCC1)N(C)C.I. The molecule has 1 aromatic carbocycles. The number of guanidine groups is 1. The number of halogens is 1. The summed E-state index contributed by atoms with van der Waals surface area (Å²) in [5.41, 5.74) is 7.30. The van der Waals surface area contributed by atoms with E-state index in [4.69, 9.17) is 10.5 Å². The van der Waals surface area contributed by atoms with Crippen LogP contribution in [-0.4, -0.2) is 68.1 Å². The normalized spacial score (nSPS) is 16.9. The van der Waals surface area contributed by atoms with Gasteiger partial charge in [-0.1, -0.05) is 18.2 Å². The first-order valence-corrected chi connectivity index (χ1v) is 8.71. The molecule has 1 unspecified atom stereocenters. The first-order chi connectivity index (χ1) is 10.6. The number of likely N-dealkylation sites (N-methyl/N-ethyl adjacent to an activating group) is 1. The minimum absolute atomic E-state index is 0. The van der Waals surface area contributed by atoms with Crippen molar-refractivity contribution in [2.45, 2.75) is 6.04 Å². The Morgan fingerprint density at radius 1 is 1.35 bits per heavy atom. The smallest absolute Gasteiger partial charge is 0.191 e. The number of aliphatic imine (C=N–C) groups is 1. The van der Waals surface area contributed by atoms with Crippen molar-refractivity contribution in [3.05, 3.63) is 29.8 Å². The zero-order valence-electron chi connectivity index (χ0n) is 14.1. The van der Waals surface area contributed by atoms with E-state index in [1.165, 1.54) is 0 Å². The summed E-state index contributed by atoms with van der Waals surface area (Å²) in [4.78, 5) is 8.96. The van der Waals surface area contributed by atoms with Crippen LogP contribution in [0.2, 0.25) is 0 Å². The van der Waals surface area contributed by atoms with E-state index in [0.29, 0.717) is 12.5 Å². The van der Waals surface area contributed by atoms with Crippen molar-refractivity contribution >= 4 is 41.7 Å². The minimum atomic E-state index is 0. The fourth-order valence-corrected chi connectivity index (χ4v) is 3.46. The van der Waals surface area contributed by atoms with Crippen LogP contribution < -0.4 is 10.5 Å². The summed E-state index contributed by atoms with van der Waals surface area (Å²) in [6, 6.07) is 8.24. The van der Waals surface area contributed by atoms with E-state index < -0.39 is 0 Å². The van der Waals surface area contributed by atoms with Crippen LogP contribution in [0.25, 0.3) is 0 Å². The van der Waals surface area contributed by atoms with E-state index in [2.05, 4.69) is 35.0 Å². The number of nitrogens with zero attached hydrogens (tertiary/aromatic N) is 3. The quantitative estimate of drug-likeness (QED) is 0.424. The molecule has 5 nitrogen and oxygen atoms in total. The van der Waals surface area contributed by atoms with Crippen LogP contribution in [0.1, 0.15) is 11.6 Å². The number of hydrogen-bond acceptors (Lipinski definition) is 4. The molecule has 0 aromatic heterocycles. The third-order valence-corrected chi connectivity index (χ3v) is 4.83. The largest absolute Gasteiger partial charge is 0.496 e. The number of ether oxygens (including phenoxy) is 1. The maximum atomic E-state index is 6.16. The lowest BCUT2D eigenvalue weighted by atomic mass is 10.0. The van der Waals surface area contributed by atoms with Crippen LogP contribution in [0.15, 0.2) is 29.3 Å². The van der Waals surface area contributed by atoms with Gasteiger partial charge in [-0.3, -0.25) is 4.99 Å². The highest BCUT2D eigenvalue weighted by molar-refractivity contribution is 14.0. The molecular weight excluding hydrogens is 423 g/mol. The van der Waals surface area contributed by atoms with Gasteiger partial charge in [0.1, 0.15) is 5.75 Å². The van der Waals surface area contributed by atoms with Crippen LogP contribution in [0, 0.1) is 0 Å². The monoisotopic (exact) mass is 450 g/mol. The summed E-state index contributed by atoms with van der Waals surface area (Å²) in [5.74, 6) is 3.80. The van der Waals surface area contributed by atoms with Gasteiger partial charge in [0.25, 0.3) is 0 Å². The van der Waals surface area contributed by atoms with Gasteiger partial charge in [-0.2, -0.15) is 11.8 Å². The van der Waals surface area contributed by atoms with E-state index >= 15 is 0 Å². The molecule has 0 radical (unpaired) electrons. The molecule has 0 amide bonds. The number of hydrogen-bond donors (Lipinski definition) is 1. The molecule has 2 N–H and O–H groups in total. The Kier molecular flexibility index (Phi) is 9.08. The van der Waals surface area contributed by atoms with Crippen LogP contribution in [0.5, 0.6) is 5.75 Å². The van der Waals surface area contributed by atoms with Gasteiger partial charge < -0.3 is 20.3 Å². The molecule has 0 aliphatic carbocycles. The van der Waals surface area contributed by atoms with Gasteiger partial charge in [-0.15, -0.1) is 24.0 Å². The standard InChI is InChI=1S/C16H26N4OS.HI/c1-19(2)14(13-6-4-5-7-15(13)21-3)12-18-16(17)20-8-10-22-11-9-20;/h4-7,14H,8-12H2,1-3H3,(H2,17,18);1H. The zero-order valence-corrected chi connectivity index (χ0v) is 17.2. The Labute approximate surface area is 160 Å². The van der Waals surface area contributed by atoms with Crippen molar-refractivity contribution in [1.29, 1.82) is 0 Å². The highest BCUT2D eigenvalue weighted by Gasteiger charge is 2.19. The number of nitrogens with two attached hydrogens (primary N) is 1. The average molecular weight is 450 g/mol. The van der Waals surface area contributed by atoms with Crippen molar-refractivity contribution in [2.75, 3.05) is 52.3 Å². The summed E-state index contributed by atoms with van der Waals surface area (Å²) in [7, 11) is 5.81. The molecule has 1 aliphatic rings. The van der Waals surface area contributed by atoms with Crippen molar-refractivity contribution in [1.82, 2.24) is 9.80 Å². The predicted octanol–water partition coefficient (Wildman–Crippen LogP) is 2.28. The summed E-state index contributed by atoms with van der Waals surface area (Å²) >= 11 is 1.97. The Balaban J connectivity index is 0.00000264. The van der Waals surface area contributed by atoms with Crippen molar-refractivity contribution in [3.8, 4) is 5.75 Å². The average Bonchev–Trinajstić information content (AvgIpc) is 2.55. The molecule has 1 heterocycles. The fraction of sp³-hybridized carbons (Fsp3) is 0.562. The van der Waals surface area contributed by atoms with Gasteiger partial charge in [-0.05, 0) is 20.2 Å². The second kappa shape index (κ2) is 10.2. The van der Waals surface area contributed by atoms with Gasteiger partial charge in [0.2, 0.25) is 0 Å². The Bertz CT molecular complexity index is 507. The molecule has 0 saturated carbocycles. The molecule has 23 heavy (non-hydrogen) atoms. The van der Waals surface area contributed by atoms with Crippen molar-refractivity contribution in [3.63, 3.8) is 0 Å². The minimum Gasteiger partial charge on any atom is -0.496 e. The summed E-state index contributed by atoms with van der Waals surface area (Å²) in [5, 5.41) is 0. The number of para-hydroxylation sites is 1.